The van der Waals surface area contributed by atoms with Crippen LogP contribution in [-0.4, -0.2) is 37.9 Å². The molecule has 0 radical (unpaired) electrons. The van der Waals surface area contributed by atoms with Crippen molar-refractivity contribution < 1.29 is 13.9 Å². The van der Waals surface area contributed by atoms with Crippen LogP contribution in [0.15, 0.2) is 83.0 Å². The Morgan fingerprint density at radius 3 is 2.44 bits per heavy atom. The molecule has 0 aliphatic rings. The molecule has 0 saturated carbocycles. The molecule has 0 saturated heterocycles. The molecular weight excluding hydrogens is 524 g/mol. The minimum Gasteiger partial charge on any atom is -0.494 e. The first-order valence-corrected chi connectivity index (χ1v) is 13.5. The molecule has 1 atom stereocenters. The van der Waals surface area contributed by atoms with Crippen LogP contribution in [0.3, 0.4) is 0 Å². The minimum absolute atomic E-state index is 0.0984. The molecule has 2 heterocycles. The highest BCUT2D eigenvalue weighted by Crippen LogP contribution is 2.31. The Balaban J connectivity index is 1.78. The highest BCUT2D eigenvalue weighted by molar-refractivity contribution is 5.65. The largest absolute Gasteiger partial charge is 0.494 e. The minimum atomic E-state index is -0.729. The average Bonchev–Trinajstić information content (AvgIpc) is 2.95. The molecule has 4 rings (SSSR count). The summed E-state index contributed by atoms with van der Waals surface area (Å²) < 4.78 is 29.9. The zero-order valence-corrected chi connectivity index (χ0v) is 23.4. The van der Waals surface area contributed by atoms with Crippen molar-refractivity contribution in [3.63, 3.8) is 0 Å². The van der Waals surface area contributed by atoms with E-state index in [1.54, 1.807) is 23.5 Å². The van der Waals surface area contributed by atoms with Gasteiger partial charge in [-0.2, -0.15) is 10.1 Å². The van der Waals surface area contributed by atoms with Crippen LogP contribution >= 0.6 is 0 Å². The molecule has 1 N–H and O–H groups in total. The number of pyridine rings is 1. The summed E-state index contributed by atoms with van der Waals surface area (Å²) in [5, 5.41) is 17.0. The van der Waals surface area contributed by atoms with E-state index < -0.39 is 23.2 Å². The molecule has 2 aromatic heterocycles. The van der Waals surface area contributed by atoms with Crippen LogP contribution < -0.4 is 5.56 Å². The van der Waals surface area contributed by atoms with Gasteiger partial charge in [0.15, 0.2) is 0 Å². The van der Waals surface area contributed by atoms with Crippen LogP contribution in [0.2, 0.25) is 0 Å². The third kappa shape index (κ3) is 6.74. The Hall–Kier alpha value is -4.66. The van der Waals surface area contributed by atoms with Gasteiger partial charge in [-0.1, -0.05) is 43.3 Å². The maximum atomic E-state index is 14.2. The van der Waals surface area contributed by atoms with E-state index in [4.69, 9.17) is 0 Å². The van der Waals surface area contributed by atoms with Crippen molar-refractivity contribution in [2.24, 2.45) is 5.10 Å². The molecule has 0 amide bonds. The molecule has 7 nitrogen and oxygen atoms in total. The number of nitrogens with zero attached hydrogens (tertiary/aromatic N) is 5. The number of benzene rings is 2. The van der Waals surface area contributed by atoms with Crippen LogP contribution in [0.5, 0.6) is 5.88 Å². The number of hydrogen-bond donors (Lipinski definition) is 1. The van der Waals surface area contributed by atoms with E-state index >= 15 is 0 Å². The third-order valence-corrected chi connectivity index (χ3v) is 6.97. The predicted octanol–water partition coefficient (Wildman–Crippen LogP) is 6.18. The number of aryl methyl sites for hydroxylation is 1. The summed E-state index contributed by atoms with van der Waals surface area (Å²) in [7, 11) is 0. The van der Waals surface area contributed by atoms with Crippen LogP contribution in [0.25, 0.3) is 11.1 Å². The van der Waals surface area contributed by atoms with Crippen molar-refractivity contribution in [1.82, 2.24) is 19.5 Å². The second-order valence-corrected chi connectivity index (χ2v) is 9.63. The van der Waals surface area contributed by atoms with Crippen LogP contribution in [0.4, 0.5) is 8.78 Å². The van der Waals surface area contributed by atoms with Crippen molar-refractivity contribution in [3.8, 4) is 17.0 Å². The summed E-state index contributed by atoms with van der Waals surface area (Å²) in [6.07, 6.45) is 5.86. The lowest BCUT2D eigenvalue weighted by Gasteiger charge is -2.25. The van der Waals surface area contributed by atoms with E-state index in [-0.39, 0.29) is 30.1 Å². The zero-order valence-electron chi connectivity index (χ0n) is 23.4. The first kappa shape index (κ1) is 29.3. The molecule has 0 unspecified atom stereocenters. The number of hydrazone groups is 1. The van der Waals surface area contributed by atoms with Crippen molar-refractivity contribution in [3.05, 3.63) is 123 Å². The second kappa shape index (κ2) is 13.1. The van der Waals surface area contributed by atoms with Gasteiger partial charge in [0.25, 0.3) is 5.56 Å². The molecule has 0 aliphatic carbocycles. The van der Waals surface area contributed by atoms with Gasteiger partial charge in [0, 0.05) is 55.8 Å². The number of allylic oxidation sites excluding steroid dienone is 1. The van der Waals surface area contributed by atoms with Gasteiger partial charge in [0.1, 0.15) is 17.5 Å². The fraction of sp³-hybridized carbons (Fsp3) is 0.250. The smallest absolute Gasteiger partial charge is 0.280 e. The molecule has 0 aliphatic heterocycles. The van der Waals surface area contributed by atoms with Gasteiger partial charge in [0.2, 0.25) is 5.88 Å². The molecule has 0 fully saturated rings. The zero-order chi connectivity index (χ0) is 29.5. The van der Waals surface area contributed by atoms with Gasteiger partial charge in [-0.15, -0.1) is 0 Å². The molecule has 0 bridgehead atoms. The van der Waals surface area contributed by atoms with Crippen molar-refractivity contribution in [1.29, 1.82) is 0 Å². The molecule has 9 heteroatoms. The molecule has 4 aromatic rings. The Kier molecular flexibility index (Phi) is 9.39. The number of halogens is 2. The SMILES string of the molecule is C=NN(/C=C\Cc1nc(=O)c(Cc2ccc(-c3cccnc3C)cc2)c(O)n1[C@@H](CC)c1cc(F)cc(F)c1)CC. The molecule has 2 aromatic carbocycles. The van der Waals surface area contributed by atoms with E-state index in [0.29, 0.717) is 18.5 Å². The second-order valence-electron chi connectivity index (χ2n) is 9.63. The quantitative estimate of drug-likeness (QED) is 0.176. The summed E-state index contributed by atoms with van der Waals surface area (Å²) in [6, 6.07) is 14.1. The summed E-state index contributed by atoms with van der Waals surface area (Å²) in [4.78, 5) is 21.9. The summed E-state index contributed by atoms with van der Waals surface area (Å²) >= 11 is 0. The van der Waals surface area contributed by atoms with Crippen molar-refractivity contribution >= 4 is 6.72 Å². The lowest BCUT2D eigenvalue weighted by Crippen LogP contribution is -2.25. The molecule has 212 valence electrons. The number of aromatic nitrogens is 3. The lowest BCUT2D eigenvalue weighted by molar-refractivity contribution is 0.370. The maximum absolute atomic E-state index is 14.2. The van der Waals surface area contributed by atoms with Gasteiger partial charge in [-0.05, 0) is 55.2 Å². The van der Waals surface area contributed by atoms with Gasteiger partial charge >= 0.3 is 0 Å². The van der Waals surface area contributed by atoms with E-state index in [1.807, 2.05) is 57.2 Å². The summed E-state index contributed by atoms with van der Waals surface area (Å²) in [6.45, 7) is 9.79. The van der Waals surface area contributed by atoms with Gasteiger partial charge < -0.3 is 5.11 Å². The Labute approximate surface area is 238 Å². The first-order valence-electron chi connectivity index (χ1n) is 13.5. The Bertz CT molecular complexity index is 1600. The van der Waals surface area contributed by atoms with E-state index in [1.165, 1.54) is 16.7 Å². The monoisotopic (exact) mass is 557 g/mol. The Morgan fingerprint density at radius 1 is 1.12 bits per heavy atom. The number of hydrogen-bond acceptors (Lipinski definition) is 6. The number of aromatic hydroxyl groups is 1. The van der Waals surface area contributed by atoms with E-state index in [2.05, 4.69) is 21.8 Å². The standard InChI is InChI=1S/C32H33F2N5O2/c1-5-29(24-18-25(33)20-26(34)19-24)39-30(10-8-16-38(6-2)35-4)37-31(40)28(32(39)41)17-22-11-13-23(14-12-22)27-9-7-15-36-21(27)3/h7-9,11-16,18-20,29,41H,4-6,10,17H2,1-3H3/b16-8-/t29-/m0/s1. The summed E-state index contributed by atoms with van der Waals surface area (Å²) in [5.74, 6) is -1.49. The normalized spacial score (nSPS) is 12.0. The van der Waals surface area contributed by atoms with Crippen LogP contribution in [-0.2, 0) is 12.8 Å². The molecule has 0 spiro atoms. The maximum Gasteiger partial charge on any atom is 0.280 e. The first-order chi connectivity index (χ1) is 19.7. The number of rotatable bonds is 11. The highest BCUT2D eigenvalue weighted by atomic mass is 19.1. The van der Waals surface area contributed by atoms with Gasteiger partial charge in [-0.3, -0.25) is 19.4 Å². The van der Waals surface area contributed by atoms with Gasteiger partial charge in [0.05, 0.1) is 11.6 Å². The van der Waals surface area contributed by atoms with E-state index in [9.17, 15) is 18.7 Å². The third-order valence-electron chi connectivity index (χ3n) is 6.97. The van der Waals surface area contributed by atoms with Gasteiger partial charge in [-0.25, -0.2) is 8.78 Å². The van der Waals surface area contributed by atoms with Crippen LogP contribution in [0, 0.1) is 18.6 Å². The Morgan fingerprint density at radius 2 is 1.83 bits per heavy atom. The predicted molar refractivity (Wildman–Crippen MR) is 157 cm³/mol. The topological polar surface area (TPSA) is 83.6 Å². The fourth-order valence-corrected chi connectivity index (χ4v) is 4.89. The van der Waals surface area contributed by atoms with Crippen LogP contribution in [0.1, 0.15) is 54.5 Å². The average molecular weight is 558 g/mol. The highest BCUT2D eigenvalue weighted by Gasteiger charge is 2.24. The van der Waals surface area contributed by atoms with Crippen molar-refractivity contribution in [2.75, 3.05) is 6.54 Å². The fourth-order valence-electron chi connectivity index (χ4n) is 4.89. The summed E-state index contributed by atoms with van der Waals surface area (Å²) in [5.41, 5.74) is 3.54. The van der Waals surface area contributed by atoms with E-state index in [0.717, 1.165) is 28.5 Å². The lowest BCUT2D eigenvalue weighted by atomic mass is 9.99. The molecular formula is C32H33F2N5O2. The van der Waals surface area contributed by atoms with Crippen molar-refractivity contribution in [2.45, 2.75) is 46.1 Å². The molecule has 41 heavy (non-hydrogen) atoms.